The highest BCUT2D eigenvalue weighted by molar-refractivity contribution is 6.62. The molecule has 0 aromatic rings. The molecular formula is C8H16O4Si. The van der Waals surface area contributed by atoms with Gasteiger partial charge in [0, 0.05) is 12.1 Å². The molecule has 2 bridgehead atoms. The van der Waals surface area contributed by atoms with Gasteiger partial charge in [-0.2, -0.15) is 0 Å². The SMILES string of the molecule is CC(C)[Si]12OCCC(O1)C(O)CO2. The number of aliphatic hydroxyl groups excluding tert-OH is 1. The van der Waals surface area contributed by atoms with Gasteiger partial charge in [-0.15, -0.1) is 0 Å². The van der Waals surface area contributed by atoms with Gasteiger partial charge in [-0.1, -0.05) is 13.8 Å². The van der Waals surface area contributed by atoms with Gasteiger partial charge in [-0.05, 0) is 6.42 Å². The lowest BCUT2D eigenvalue weighted by molar-refractivity contribution is -0.130. The third kappa shape index (κ3) is 1.55. The smallest absolute Gasteiger partial charge is 0.388 e. The molecule has 2 rings (SSSR count). The quantitative estimate of drug-likeness (QED) is 0.633. The van der Waals surface area contributed by atoms with E-state index in [9.17, 15) is 5.11 Å². The molecule has 4 nitrogen and oxygen atoms in total. The maximum absolute atomic E-state index is 9.53. The maximum atomic E-state index is 9.53. The predicted molar refractivity (Wildman–Crippen MR) is 48.3 cm³/mol. The molecule has 0 aliphatic carbocycles. The zero-order valence-electron chi connectivity index (χ0n) is 8.03. The zero-order chi connectivity index (χ0) is 9.47. The summed E-state index contributed by atoms with van der Waals surface area (Å²) < 4.78 is 16.9. The second-order valence-electron chi connectivity index (χ2n) is 3.93. The number of rotatable bonds is 1. The molecule has 3 atom stereocenters. The van der Waals surface area contributed by atoms with Crippen molar-refractivity contribution >= 4 is 8.80 Å². The standard InChI is InChI=1S/C8H16O4Si/c1-6(2)13-10-4-3-8(12-13)7(9)5-11-13/h6-9H,3-5H2,1-2H3. The molecule has 2 saturated heterocycles. The normalized spacial score (nSPS) is 45.2. The molecule has 0 radical (unpaired) electrons. The maximum Gasteiger partial charge on any atom is 0.504 e. The van der Waals surface area contributed by atoms with Gasteiger partial charge in [0.25, 0.3) is 0 Å². The van der Waals surface area contributed by atoms with Crippen LogP contribution in [0, 0.1) is 0 Å². The summed E-state index contributed by atoms with van der Waals surface area (Å²) in [6, 6.07) is 0. The summed E-state index contributed by atoms with van der Waals surface area (Å²) in [7, 11) is -2.41. The van der Waals surface area contributed by atoms with Crippen molar-refractivity contribution in [2.24, 2.45) is 0 Å². The first kappa shape index (κ1) is 9.61. The number of fused-ring (bicyclic) bond motifs is 2. The average Bonchev–Trinajstić information content (AvgIpc) is 2.13. The van der Waals surface area contributed by atoms with Crippen LogP contribution in [0.4, 0.5) is 0 Å². The lowest BCUT2D eigenvalue weighted by Crippen LogP contribution is -2.62. The summed E-state index contributed by atoms with van der Waals surface area (Å²) in [5.41, 5.74) is 0.280. The molecule has 2 aliphatic rings. The minimum atomic E-state index is -2.41. The van der Waals surface area contributed by atoms with E-state index in [1.807, 2.05) is 13.8 Å². The van der Waals surface area contributed by atoms with Crippen molar-refractivity contribution in [3.05, 3.63) is 0 Å². The summed E-state index contributed by atoms with van der Waals surface area (Å²) >= 11 is 0. The Labute approximate surface area is 79.2 Å². The lowest BCUT2D eigenvalue weighted by atomic mass is 10.1. The zero-order valence-corrected chi connectivity index (χ0v) is 9.03. The van der Waals surface area contributed by atoms with E-state index in [0.717, 1.165) is 6.42 Å². The van der Waals surface area contributed by atoms with Gasteiger partial charge in [0.1, 0.15) is 6.10 Å². The molecule has 0 saturated carbocycles. The van der Waals surface area contributed by atoms with Crippen molar-refractivity contribution in [2.75, 3.05) is 13.2 Å². The monoisotopic (exact) mass is 204 g/mol. The van der Waals surface area contributed by atoms with E-state index >= 15 is 0 Å². The fourth-order valence-corrected chi connectivity index (χ4v) is 4.41. The highest BCUT2D eigenvalue weighted by Gasteiger charge is 2.54. The minimum Gasteiger partial charge on any atom is -0.388 e. The molecular weight excluding hydrogens is 188 g/mol. The molecule has 3 unspecified atom stereocenters. The van der Waals surface area contributed by atoms with Gasteiger partial charge in [0.15, 0.2) is 0 Å². The topological polar surface area (TPSA) is 47.9 Å². The Morgan fingerprint density at radius 3 is 2.85 bits per heavy atom. The van der Waals surface area contributed by atoms with Crippen molar-refractivity contribution in [3.63, 3.8) is 0 Å². The van der Waals surface area contributed by atoms with Gasteiger partial charge < -0.3 is 18.4 Å². The first-order valence-electron chi connectivity index (χ1n) is 4.78. The Kier molecular flexibility index (Phi) is 2.46. The van der Waals surface area contributed by atoms with Crippen molar-refractivity contribution in [3.8, 4) is 0 Å². The molecule has 0 aromatic carbocycles. The summed E-state index contributed by atoms with van der Waals surface area (Å²) in [5.74, 6) is 0. The summed E-state index contributed by atoms with van der Waals surface area (Å²) in [4.78, 5) is 0. The molecule has 2 heterocycles. The molecule has 2 aliphatic heterocycles. The third-order valence-electron chi connectivity index (χ3n) is 2.61. The van der Waals surface area contributed by atoms with Crippen molar-refractivity contribution in [1.82, 2.24) is 0 Å². The van der Waals surface area contributed by atoms with Crippen LogP contribution < -0.4 is 0 Å². The second-order valence-corrected chi connectivity index (χ2v) is 7.10. The van der Waals surface area contributed by atoms with Crippen LogP contribution in [-0.2, 0) is 13.3 Å². The van der Waals surface area contributed by atoms with E-state index in [-0.39, 0.29) is 11.6 Å². The highest BCUT2D eigenvalue weighted by atomic mass is 28.4. The van der Waals surface area contributed by atoms with Crippen LogP contribution in [-0.4, -0.2) is 39.3 Å². The highest BCUT2D eigenvalue weighted by Crippen LogP contribution is 2.34. The molecule has 2 fully saturated rings. The van der Waals surface area contributed by atoms with Crippen LogP contribution in [0.3, 0.4) is 0 Å². The Morgan fingerprint density at radius 2 is 2.15 bits per heavy atom. The van der Waals surface area contributed by atoms with Crippen molar-refractivity contribution in [2.45, 2.75) is 38.0 Å². The molecule has 1 N–H and O–H groups in total. The number of hydrogen-bond acceptors (Lipinski definition) is 4. The van der Waals surface area contributed by atoms with E-state index in [1.54, 1.807) is 0 Å². The van der Waals surface area contributed by atoms with E-state index < -0.39 is 14.9 Å². The van der Waals surface area contributed by atoms with Gasteiger partial charge in [-0.3, -0.25) is 0 Å². The van der Waals surface area contributed by atoms with E-state index in [2.05, 4.69) is 0 Å². The van der Waals surface area contributed by atoms with E-state index in [4.69, 9.17) is 13.3 Å². The molecule has 0 aromatic heterocycles. The van der Waals surface area contributed by atoms with Crippen LogP contribution in [0.2, 0.25) is 5.54 Å². The first-order chi connectivity index (χ1) is 6.14. The van der Waals surface area contributed by atoms with E-state index in [1.165, 1.54) is 0 Å². The summed E-state index contributed by atoms with van der Waals surface area (Å²) in [6.45, 7) is 5.12. The average molecular weight is 204 g/mol. The van der Waals surface area contributed by atoms with E-state index in [0.29, 0.717) is 13.2 Å². The summed E-state index contributed by atoms with van der Waals surface area (Å²) in [5, 5.41) is 9.53. The van der Waals surface area contributed by atoms with Gasteiger partial charge in [-0.25, -0.2) is 0 Å². The van der Waals surface area contributed by atoms with Crippen molar-refractivity contribution < 1.29 is 18.4 Å². The van der Waals surface area contributed by atoms with Gasteiger partial charge in [0.05, 0.1) is 12.7 Å². The molecule has 0 spiro atoms. The first-order valence-corrected chi connectivity index (χ1v) is 6.58. The largest absolute Gasteiger partial charge is 0.504 e. The predicted octanol–water partition coefficient (Wildman–Crippen LogP) is 0.532. The van der Waals surface area contributed by atoms with Gasteiger partial charge in [0.2, 0.25) is 0 Å². The summed E-state index contributed by atoms with van der Waals surface area (Å²) in [6.07, 6.45) is 0.256. The van der Waals surface area contributed by atoms with Crippen LogP contribution in [0.15, 0.2) is 0 Å². The molecule has 13 heavy (non-hydrogen) atoms. The minimum absolute atomic E-state index is 0.0587. The van der Waals surface area contributed by atoms with Crippen LogP contribution in [0.5, 0.6) is 0 Å². The third-order valence-corrected chi connectivity index (χ3v) is 5.83. The number of aliphatic hydroxyl groups is 1. The van der Waals surface area contributed by atoms with Crippen LogP contribution in [0.1, 0.15) is 20.3 Å². The Hall–Kier alpha value is 0.0569. The number of hydrogen-bond donors (Lipinski definition) is 1. The molecule has 5 heteroatoms. The van der Waals surface area contributed by atoms with Crippen molar-refractivity contribution in [1.29, 1.82) is 0 Å². The van der Waals surface area contributed by atoms with Crippen LogP contribution >= 0.6 is 0 Å². The second kappa shape index (κ2) is 3.32. The van der Waals surface area contributed by atoms with Crippen LogP contribution in [0.25, 0.3) is 0 Å². The fourth-order valence-electron chi connectivity index (χ4n) is 1.75. The Morgan fingerprint density at radius 1 is 1.38 bits per heavy atom. The van der Waals surface area contributed by atoms with Gasteiger partial charge >= 0.3 is 8.80 Å². The molecule has 0 amide bonds. The molecule has 76 valence electrons. The Bertz CT molecular complexity index is 199. The Balaban J connectivity index is 2.13. The fraction of sp³-hybridized carbons (Fsp3) is 1.00. The lowest BCUT2D eigenvalue weighted by Gasteiger charge is -2.45.